The van der Waals surface area contributed by atoms with E-state index >= 15 is 0 Å². The number of nitrogens with zero attached hydrogens (tertiary/aromatic N) is 2. The summed E-state index contributed by atoms with van der Waals surface area (Å²) in [6.45, 7) is 2.27. The van der Waals surface area contributed by atoms with Crippen LogP contribution in [0.2, 0.25) is 0 Å². The first kappa shape index (κ1) is 6.08. The summed E-state index contributed by atoms with van der Waals surface area (Å²) >= 11 is 3.44. The molecule has 0 radical (unpaired) electrons. The number of likely N-dealkylation sites (N-methyl/N-ethyl adjacent to an activating group) is 2. The van der Waals surface area contributed by atoms with Crippen molar-refractivity contribution in [2.45, 2.75) is 0 Å². The van der Waals surface area contributed by atoms with Gasteiger partial charge in [0.05, 0.1) is 14.1 Å². The molecule has 0 spiro atoms. The van der Waals surface area contributed by atoms with E-state index in [1.165, 1.54) is 4.74 Å². The zero-order chi connectivity index (χ0) is 6.15. The van der Waals surface area contributed by atoms with Gasteiger partial charge >= 0.3 is 4.74 Å². The van der Waals surface area contributed by atoms with Gasteiger partial charge in [-0.3, -0.25) is 9.48 Å². The Morgan fingerprint density at radius 2 is 2.38 bits per heavy atom. The van der Waals surface area contributed by atoms with Crippen LogP contribution >= 0.6 is 15.9 Å². The van der Waals surface area contributed by atoms with E-state index in [0.29, 0.717) is 0 Å². The Labute approximate surface area is 57.9 Å². The molecule has 0 bridgehead atoms. The summed E-state index contributed by atoms with van der Waals surface area (Å²) in [5.74, 6) is 0. The van der Waals surface area contributed by atoms with Crippen LogP contribution in [-0.2, 0) is 0 Å². The molecule has 0 fully saturated rings. The molecule has 0 aromatic heterocycles. The lowest BCUT2D eigenvalue weighted by atomic mass is 10.6. The van der Waals surface area contributed by atoms with Crippen molar-refractivity contribution >= 4 is 20.7 Å². The number of hydrogen-bond donors (Lipinski definition) is 0. The van der Waals surface area contributed by atoms with E-state index in [1.807, 2.05) is 0 Å². The van der Waals surface area contributed by atoms with Gasteiger partial charge in [-0.15, -0.1) is 0 Å². The smallest absolute Gasteiger partial charge is 0.255 e. The highest BCUT2D eigenvalue weighted by Crippen LogP contribution is 2.01. The average molecular weight is 178 g/mol. The summed E-state index contributed by atoms with van der Waals surface area (Å²) in [5, 5.41) is 0. The van der Waals surface area contributed by atoms with E-state index in [1.54, 1.807) is 0 Å². The molecule has 0 unspecified atom stereocenters. The van der Waals surface area contributed by atoms with E-state index in [4.69, 9.17) is 0 Å². The quantitative estimate of drug-likeness (QED) is 0.382. The number of halogens is 1. The Morgan fingerprint density at radius 1 is 1.75 bits per heavy atom. The van der Waals surface area contributed by atoms with E-state index in [-0.39, 0.29) is 0 Å². The normalized spacial score (nSPS) is 20.6. The summed E-state index contributed by atoms with van der Waals surface area (Å²) in [6.07, 6.45) is 0. The van der Waals surface area contributed by atoms with Gasteiger partial charge in [0.15, 0.2) is 0 Å². The minimum atomic E-state index is 1.14. The van der Waals surface area contributed by atoms with Crippen molar-refractivity contribution < 1.29 is 4.58 Å². The molecule has 0 amide bonds. The maximum atomic E-state index is 3.44. The molecular formula is C5H10BrN2+. The fraction of sp³-hybridized carbons (Fsp3) is 0.800. The van der Waals surface area contributed by atoms with Gasteiger partial charge < -0.3 is 0 Å². The summed E-state index contributed by atoms with van der Waals surface area (Å²) in [7, 11) is 4.15. The van der Waals surface area contributed by atoms with E-state index < -0.39 is 0 Å². The average Bonchev–Trinajstić information content (AvgIpc) is 1.98. The van der Waals surface area contributed by atoms with Crippen molar-refractivity contribution in [3.63, 3.8) is 0 Å². The molecular weight excluding hydrogens is 168 g/mol. The highest BCUT2D eigenvalue weighted by molar-refractivity contribution is 9.18. The molecule has 1 rings (SSSR count). The standard InChI is InChI=1S/C5H10BrN2/c1-7-3-4-8(2)5(7)6/h3-4H2,1-2H3/q+1. The van der Waals surface area contributed by atoms with Crippen molar-refractivity contribution in [3.8, 4) is 0 Å². The van der Waals surface area contributed by atoms with Crippen LogP contribution in [0.15, 0.2) is 0 Å². The van der Waals surface area contributed by atoms with Crippen molar-refractivity contribution in [2.24, 2.45) is 0 Å². The van der Waals surface area contributed by atoms with Gasteiger partial charge in [0, 0.05) is 15.9 Å². The minimum Gasteiger partial charge on any atom is -0.255 e. The highest BCUT2D eigenvalue weighted by atomic mass is 79.9. The van der Waals surface area contributed by atoms with Gasteiger partial charge in [0.1, 0.15) is 13.1 Å². The zero-order valence-corrected chi connectivity index (χ0v) is 6.77. The lowest BCUT2D eigenvalue weighted by Gasteiger charge is -1.96. The van der Waals surface area contributed by atoms with E-state index in [0.717, 1.165) is 13.1 Å². The molecule has 0 saturated heterocycles. The van der Waals surface area contributed by atoms with Crippen molar-refractivity contribution in [1.82, 2.24) is 4.90 Å². The lowest BCUT2D eigenvalue weighted by Crippen LogP contribution is -2.18. The second kappa shape index (κ2) is 2.05. The fourth-order valence-corrected chi connectivity index (χ4v) is 1.13. The molecule has 0 aliphatic carbocycles. The van der Waals surface area contributed by atoms with Crippen LogP contribution in [0, 0.1) is 0 Å². The maximum absolute atomic E-state index is 3.44. The molecule has 3 heteroatoms. The molecule has 8 heavy (non-hydrogen) atoms. The minimum absolute atomic E-state index is 1.14. The van der Waals surface area contributed by atoms with Crippen LogP contribution in [0.1, 0.15) is 0 Å². The topological polar surface area (TPSA) is 6.25 Å². The van der Waals surface area contributed by atoms with E-state index in [9.17, 15) is 0 Å². The highest BCUT2D eigenvalue weighted by Gasteiger charge is 2.20. The molecule has 0 aromatic rings. The number of amidine groups is 1. The molecule has 46 valence electrons. The van der Waals surface area contributed by atoms with Gasteiger partial charge in [0.25, 0.3) is 0 Å². The third-order valence-corrected chi connectivity index (χ3v) is 2.61. The maximum Gasteiger partial charge on any atom is 0.315 e. The first-order valence-electron chi connectivity index (χ1n) is 2.66. The van der Waals surface area contributed by atoms with Gasteiger partial charge in [-0.1, -0.05) is 0 Å². The van der Waals surface area contributed by atoms with Crippen LogP contribution in [0.5, 0.6) is 0 Å². The van der Waals surface area contributed by atoms with E-state index in [2.05, 4.69) is 39.5 Å². The second-order valence-electron chi connectivity index (χ2n) is 2.11. The Bertz CT molecular complexity index is 130. The first-order chi connectivity index (χ1) is 3.72. The predicted molar refractivity (Wildman–Crippen MR) is 37.6 cm³/mol. The summed E-state index contributed by atoms with van der Waals surface area (Å²) in [5.41, 5.74) is 0. The Morgan fingerprint density at radius 3 is 2.50 bits per heavy atom. The van der Waals surface area contributed by atoms with Crippen LogP contribution < -0.4 is 0 Å². The third kappa shape index (κ3) is 0.869. The summed E-state index contributed by atoms with van der Waals surface area (Å²) in [6, 6.07) is 0. The van der Waals surface area contributed by atoms with Gasteiger partial charge in [-0.2, -0.15) is 0 Å². The third-order valence-electron chi connectivity index (χ3n) is 1.40. The second-order valence-corrected chi connectivity index (χ2v) is 2.82. The van der Waals surface area contributed by atoms with Crippen molar-refractivity contribution in [1.29, 1.82) is 0 Å². The Kier molecular flexibility index (Phi) is 1.56. The summed E-state index contributed by atoms with van der Waals surface area (Å²) in [4.78, 5) is 2.18. The van der Waals surface area contributed by atoms with Crippen LogP contribution in [0.3, 0.4) is 0 Å². The van der Waals surface area contributed by atoms with Gasteiger partial charge in [-0.25, -0.2) is 0 Å². The Balaban J connectivity index is 2.71. The van der Waals surface area contributed by atoms with Crippen LogP contribution in [-0.4, -0.2) is 41.4 Å². The van der Waals surface area contributed by atoms with Crippen molar-refractivity contribution in [3.05, 3.63) is 0 Å². The first-order valence-corrected chi connectivity index (χ1v) is 3.46. The van der Waals surface area contributed by atoms with Crippen LogP contribution in [0.25, 0.3) is 0 Å². The molecule has 0 aromatic carbocycles. The fourth-order valence-electron chi connectivity index (χ4n) is 0.776. The lowest BCUT2D eigenvalue weighted by molar-refractivity contribution is -0.483. The molecule has 0 saturated carbocycles. The molecule has 2 nitrogen and oxygen atoms in total. The Hall–Kier alpha value is -0.0500. The van der Waals surface area contributed by atoms with Crippen LogP contribution in [0.4, 0.5) is 0 Å². The van der Waals surface area contributed by atoms with Crippen molar-refractivity contribution in [2.75, 3.05) is 27.2 Å². The SMILES string of the molecule is CN1CC[N+](C)=C1Br. The largest absolute Gasteiger partial charge is 0.315 e. The number of rotatable bonds is 0. The number of hydrogen-bond acceptors (Lipinski definition) is 1. The molecule has 0 atom stereocenters. The zero-order valence-electron chi connectivity index (χ0n) is 5.19. The predicted octanol–water partition coefficient (Wildman–Crippen LogP) is 0.325. The molecule has 1 aliphatic heterocycles. The monoisotopic (exact) mass is 177 g/mol. The molecule has 1 heterocycles. The summed E-state index contributed by atoms with van der Waals surface area (Å²) < 4.78 is 3.37. The molecule has 1 aliphatic rings. The van der Waals surface area contributed by atoms with Gasteiger partial charge in [0.2, 0.25) is 0 Å². The molecule has 0 N–H and O–H groups in total. The van der Waals surface area contributed by atoms with Gasteiger partial charge in [-0.05, 0) is 0 Å².